The fourth-order valence-electron chi connectivity index (χ4n) is 4.69. The van der Waals surface area contributed by atoms with Crippen molar-refractivity contribution in [1.29, 1.82) is 0 Å². The van der Waals surface area contributed by atoms with E-state index >= 15 is 0 Å². The van der Waals surface area contributed by atoms with Gasteiger partial charge >= 0.3 is 6.36 Å². The maximum Gasteiger partial charge on any atom is 0.573 e. The van der Waals surface area contributed by atoms with Crippen LogP contribution in [0.15, 0.2) is 78.0 Å². The highest BCUT2D eigenvalue weighted by Gasteiger charge is 2.32. The molecule has 44 heavy (non-hydrogen) atoms. The number of halogens is 3. The molecule has 1 aliphatic rings. The molecule has 1 aliphatic heterocycles. The zero-order valence-electron chi connectivity index (χ0n) is 24.1. The van der Waals surface area contributed by atoms with E-state index in [0.29, 0.717) is 29.6 Å². The Labute approximate surface area is 256 Å². The quantitative estimate of drug-likeness (QED) is 0.208. The minimum absolute atomic E-state index is 0.0586. The summed E-state index contributed by atoms with van der Waals surface area (Å²) in [4.78, 5) is 23.1. The molecule has 3 aromatic carbocycles. The van der Waals surface area contributed by atoms with Crippen molar-refractivity contribution in [3.63, 3.8) is 0 Å². The number of aromatic nitrogens is 3. The number of rotatable bonds is 11. The highest BCUT2D eigenvalue weighted by atomic mass is 32.2. The van der Waals surface area contributed by atoms with Gasteiger partial charge in [-0.25, -0.2) is 14.7 Å². The number of ether oxygens (including phenoxy) is 1. The zero-order chi connectivity index (χ0) is 31.3. The summed E-state index contributed by atoms with van der Waals surface area (Å²) >= 11 is 1.31. The largest absolute Gasteiger partial charge is 0.573 e. The Morgan fingerprint density at radius 2 is 1.84 bits per heavy atom. The van der Waals surface area contributed by atoms with Crippen LogP contribution >= 0.6 is 11.8 Å². The van der Waals surface area contributed by atoms with Crippen LogP contribution in [0.2, 0.25) is 0 Å². The molecule has 13 heteroatoms. The maximum atomic E-state index is 12.8. The second-order valence-corrected chi connectivity index (χ2v) is 11.1. The molecule has 0 radical (unpaired) electrons. The number of hydrogen-bond donors (Lipinski definition) is 2. The minimum atomic E-state index is -4.75. The summed E-state index contributed by atoms with van der Waals surface area (Å²) in [5.74, 6) is 0.356. The highest BCUT2D eigenvalue weighted by Crippen LogP contribution is 2.31. The fourth-order valence-corrected chi connectivity index (χ4v) is 5.58. The second-order valence-electron chi connectivity index (χ2n) is 10.1. The van der Waals surface area contributed by atoms with E-state index < -0.39 is 12.7 Å². The summed E-state index contributed by atoms with van der Waals surface area (Å²) in [5.41, 5.74) is 5.25. The van der Waals surface area contributed by atoms with Crippen molar-refractivity contribution < 1.29 is 27.8 Å². The molecule has 1 amide bonds. The number of aryl methyl sites for hydroxylation is 2. The first-order valence-corrected chi connectivity index (χ1v) is 15.0. The molecule has 5 rings (SSSR count). The van der Waals surface area contributed by atoms with Crippen molar-refractivity contribution in [2.24, 2.45) is 4.99 Å². The Morgan fingerprint density at radius 1 is 1.09 bits per heavy atom. The van der Waals surface area contributed by atoms with Crippen molar-refractivity contribution in [1.82, 2.24) is 20.1 Å². The first kappa shape index (κ1) is 31.2. The molecule has 4 aromatic rings. The Hall–Kier alpha value is -4.20. The molecule has 1 aromatic heterocycles. The summed E-state index contributed by atoms with van der Waals surface area (Å²) in [6.07, 6.45) is -2.04. The molecule has 230 valence electrons. The number of amides is 1. The number of aliphatic hydroxyl groups excluding tert-OH is 1. The van der Waals surface area contributed by atoms with E-state index in [-0.39, 0.29) is 17.4 Å². The number of nitrogens with one attached hydrogen (secondary N) is 1. The monoisotopic (exact) mass is 624 g/mol. The van der Waals surface area contributed by atoms with Crippen molar-refractivity contribution in [3.05, 3.63) is 89.7 Å². The lowest BCUT2D eigenvalue weighted by atomic mass is 10.0. The summed E-state index contributed by atoms with van der Waals surface area (Å²) < 4.78 is 42.6. The maximum absolute atomic E-state index is 12.8. The lowest BCUT2D eigenvalue weighted by Crippen LogP contribution is -2.34. The van der Waals surface area contributed by atoms with Crippen LogP contribution in [-0.2, 0) is 17.6 Å². The van der Waals surface area contributed by atoms with Crippen molar-refractivity contribution in [2.75, 3.05) is 17.2 Å². The number of alkyl halides is 3. The SMILES string of the molecule is CCCc1ccc(C)cc1N1C(=O)CS/C1=N\C(O)NCCc1ccc(-c2ncn(-c3ccc(OC(F)(F)F)cc3)n2)cc1. The highest BCUT2D eigenvalue weighted by molar-refractivity contribution is 8.15. The van der Waals surface area contributed by atoms with E-state index in [2.05, 4.69) is 32.1 Å². The van der Waals surface area contributed by atoms with Gasteiger partial charge in [0, 0.05) is 12.1 Å². The van der Waals surface area contributed by atoms with Crippen molar-refractivity contribution in [3.8, 4) is 22.8 Å². The predicted molar refractivity (Wildman–Crippen MR) is 164 cm³/mol. The molecule has 1 fully saturated rings. The average molecular weight is 625 g/mol. The molecule has 0 bridgehead atoms. The van der Waals surface area contributed by atoms with Crippen LogP contribution in [0, 0.1) is 6.92 Å². The van der Waals surface area contributed by atoms with Gasteiger partial charge in [-0.2, -0.15) is 0 Å². The molecule has 0 saturated carbocycles. The number of anilines is 1. The van der Waals surface area contributed by atoms with Crippen LogP contribution in [0.25, 0.3) is 17.1 Å². The second kappa shape index (κ2) is 13.6. The van der Waals surface area contributed by atoms with E-state index in [1.165, 1.54) is 47.0 Å². The van der Waals surface area contributed by atoms with Gasteiger partial charge in [-0.15, -0.1) is 18.3 Å². The Balaban J connectivity index is 1.16. The van der Waals surface area contributed by atoms with Crippen molar-refractivity contribution >= 4 is 28.5 Å². The first-order valence-electron chi connectivity index (χ1n) is 14.0. The van der Waals surface area contributed by atoms with Gasteiger partial charge in [-0.1, -0.05) is 61.5 Å². The summed E-state index contributed by atoms with van der Waals surface area (Å²) in [7, 11) is 0. The first-order chi connectivity index (χ1) is 21.1. The van der Waals surface area contributed by atoms with E-state index in [1.807, 2.05) is 49.4 Å². The fraction of sp³-hybridized carbons (Fsp3) is 0.290. The summed E-state index contributed by atoms with van der Waals surface area (Å²) in [5, 5.41) is 18.5. The number of aliphatic hydroxyl groups is 1. The van der Waals surface area contributed by atoms with Gasteiger partial charge in [0.05, 0.1) is 17.1 Å². The number of thioether (sulfide) groups is 1. The number of amidine groups is 1. The minimum Gasteiger partial charge on any atom is -0.406 e. The Kier molecular flexibility index (Phi) is 9.67. The number of aliphatic imine (C=N–C) groups is 1. The van der Waals surface area contributed by atoms with E-state index in [1.54, 1.807) is 4.90 Å². The van der Waals surface area contributed by atoms with E-state index in [0.717, 1.165) is 40.8 Å². The molecule has 2 heterocycles. The number of carbonyl (C=O) groups excluding carboxylic acids is 1. The van der Waals surface area contributed by atoms with Gasteiger partial charge < -0.3 is 9.84 Å². The van der Waals surface area contributed by atoms with Gasteiger partial charge in [-0.3, -0.25) is 15.0 Å². The average Bonchev–Trinajstić information content (AvgIpc) is 3.61. The van der Waals surface area contributed by atoms with Crippen LogP contribution in [0.4, 0.5) is 18.9 Å². The Bertz CT molecular complexity index is 1620. The molecule has 2 N–H and O–H groups in total. The lowest BCUT2D eigenvalue weighted by molar-refractivity contribution is -0.274. The molecule has 1 unspecified atom stereocenters. The van der Waals surface area contributed by atoms with Gasteiger partial charge in [-0.05, 0) is 66.8 Å². The molecule has 0 spiro atoms. The van der Waals surface area contributed by atoms with Gasteiger partial charge in [0.2, 0.25) is 12.3 Å². The molecular formula is C31H31F3N6O3S. The van der Waals surface area contributed by atoms with Gasteiger partial charge in [0.1, 0.15) is 12.1 Å². The number of hydrogen-bond acceptors (Lipinski definition) is 8. The summed E-state index contributed by atoms with van der Waals surface area (Å²) in [6.45, 7) is 4.53. The number of benzene rings is 3. The van der Waals surface area contributed by atoms with E-state index in [4.69, 9.17) is 0 Å². The lowest BCUT2D eigenvalue weighted by Gasteiger charge is -2.21. The third-order valence-electron chi connectivity index (χ3n) is 6.78. The van der Waals surface area contributed by atoms with Crippen LogP contribution in [0.3, 0.4) is 0 Å². The van der Waals surface area contributed by atoms with E-state index in [9.17, 15) is 23.1 Å². The molecule has 9 nitrogen and oxygen atoms in total. The van der Waals surface area contributed by atoms with Gasteiger partial charge in [0.15, 0.2) is 11.0 Å². The van der Waals surface area contributed by atoms with Gasteiger partial charge in [0.25, 0.3) is 0 Å². The predicted octanol–water partition coefficient (Wildman–Crippen LogP) is 5.64. The third kappa shape index (κ3) is 7.84. The summed E-state index contributed by atoms with van der Waals surface area (Å²) in [6, 6.07) is 19.0. The molecule has 1 atom stereocenters. The smallest absolute Gasteiger partial charge is 0.406 e. The number of carbonyl (C=O) groups is 1. The van der Waals surface area contributed by atoms with Crippen molar-refractivity contribution in [2.45, 2.75) is 45.8 Å². The molecule has 0 aliphatic carbocycles. The number of nitrogens with zero attached hydrogens (tertiary/aromatic N) is 5. The standard InChI is InChI=1S/C31H31F3N6O3S/c1-3-4-22-8-5-20(2)17-26(22)40-27(41)18-44-30(40)37-29(42)35-16-15-21-6-9-23(10-7-21)28-36-19-39(38-28)24-11-13-25(14-12-24)43-31(32,33)34/h5-14,17,19,29,35,42H,3-4,15-16,18H2,1-2H3/b37-30-. The van der Waals surface area contributed by atoms with Crippen LogP contribution in [0.1, 0.15) is 30.0 Å². The normalized spacial score (nSPS) is 15.3. The van der Waals surface area contributed by atoms with Crippen LogP contribution < -0.4 is 15.0 Å². The molecular weight excluding hydrogens is 593 g/mol. The van der Waals surface area contributed by atoms with Crippen LogP contribution in [-0.4, -0.2) is 56.0 Å². The topological polar surface area (TPSA) is 105 Å². The zero-order valence-corrected chi connectivity index (χ0v) is 24.9. The third-order valence-corrected chi connectivity index (χ3v) is 7.72. The Morgan fingerprint density at radius 3 is 2.55 bits per heavy atom. The van der Waals surface area contributed by atoms with Crippen LogP contribution in [0.5, 0.6) is 5.75 Å². The molecule has 1 saturated heterocycles.